The third-order valence-electron chi connectivity index (χ3n) is 3.54. The van der Waals surface area contributed by atoms with Crippen LogP contribution in [0.3, 0.4) is 0 Å². The number of rotatable bonds is 4. The average molecular weight is 397 g/mol. The van der Waals surface area contributed by atoms with Crippen LogP contribution in [-0.2, 0) is 14.6 Å². The van der Waals surface area contributed by atoms with Crippen molar-refractivity contribution >= 4 is 43.7 Å². The van der Waals surface area contributed by atoms with Crippen molar-refractivity contribution in [2.24, 2.45) is 5.41 Å². The third-order valence-corrected chi connectivity index (χ3v) is 5.90. The number of carbonyl (C=O) groups excluding carboxylic acids is 1. The summed E-state index contributed by atoms with van der Waals surface area (Å²) in [6.45, 7) is 5.17. The van der Waals surface area contributed by atoms with E-state index in [1.165, 1.54) is 24.3 Å². The van der Waals surface area contributed by atoms with Crippen LogP contribution in [0.15, 0.2) is 59.5 Å². The fourth-order valence-corrected chi connectivity index (χ4v) is 4.12. The number of hydrogen-bond acceptors (Lipinski definition) is 3. The molecule has 2 rings (SSSR count). The van der Waals surface area contributed by atoms with Crippen LogP contribution in [0.4, 0.5) is 0 Å². The SMILES string of the molecule is CC(C)(C)C(=O)C=C(c1ccc(Cl)cc1Cl)S(=O)(=O)c1ccccc1. The van der Waals surface area contributed by atoms with Gasteiger partial charge in [0.15, 0.2) is 5.78 Å². The first-order chi connectivity index (χ1) is 11.5. The van der Waals surface area contributed by atoms with E-state index < -0.39 is 15.3 Å². The molecule has 25 heavy (non-hydrogen) atoms. The molecule has 0 heterocycles. The van der Waals surface area contributed by atoms with E-state index in [1.807, 2.05) is 0 Å². The first-order valence-corrected chi connectivity index (χ1v) is 9.79. The molecule has 0 saturated carbocycles. The van der Waals surface area contributed by atoms with Crippen LogP contribution in [0.25, 0.3) is 4.91 Å². The van der Waals surface area contributed by atoms with E-state index >= 15 is 0 Å². The molecule has 6 heteroatoms. The largest absolute Gasteiger partial charge is 0.294 e. The van der Waals surface area contributed by atoms with Crippen LogP contribution in [0.1, 0.15) is 26.3 Å². The minimum Gasteiger partial charge on any atom is -0.294 e. The second-order valence-electron chi connectivity index (χ2n) is 6.56. The molecule has 0 unspecified atom stereocenters. The molecule has 3 nitrogen and oxygen atoms in total. The van der Waals surface area contributed by atoms with Crippen LogP contribution in [0.2, 0.25) is 10.0 Å². The second-order valence-corrected chi connectivity index (χ2v) is 9.33. The van der Waals surface area contributed by atoms with Crippen molar-refractivity contribution < 1.29 is 13.2 Å². The lowest BCUT2D eigenvalue weighted by Gasteiger charge is -2.16. The van der Waals surface area contributed by atoms with Crippen molar-refractivity contribution in [3.05, 3.63) is 70.2 Å². The maximum Gasteiger partial charge on any atom is 0.207 e. The van der Waals surface area contributed by atoms with Crippen molar-refractivity contribution in [1.29, 1.82) is 0 Å². The Bertz CT molecular complexity index is 925. The molecule has 0 fully saturated rings. The molecule has 0 aliphatic rings. The number of allylic oxidation sites excluding steroid dienone is 1. The summed E-state index contributed by atoms with van der Waals surface area (Å²) in [6, 6.07) is 12.4. The fraction of sp³-hybridized carbons (Fsp3) is 0.211. The van der Waals surface area contributed by atoms with E-state index in [2.05, 4.69) is 0 Å². The van der Waals surface area contributed by atoms with Gasteiger partial charge in [0.25, 0.3) is 0 Å². The van der Waals surface area contributed by atoms with Gasteiger partial charge in [-0.2, -0.15) is 0 Å². The number of benzene rings is 2. The first kappa shape index (κ1) is 19.7. The summed E-state index contributed by atoms with van der Waals surface area (Å²) in [5.41, 5.74) is -0.483. The molecule has 0 bridgehead atoms. The Labute approximate surface area is 158 Å². The summed E-state index contributed by atoms with van der Waals surface area (Å²) < 4.78 is 26.2. The topological polar surface area (TPSA) is 51.2 Å². The molecule has 0 aliphatic carbocycles. The molecule has 0 amide bonds. The highest BCUT2D eigenvalue weighted by Crippen LogP contribution is 2.35. The predicted molar refractivity (Wildman–Crippen MR) is 103 cm³/mol. The van der Waals surface area contributed by atoms with Gasteiger partial charge in [-0.25, -0.2) is 8.42 Å². The number of ketones is 1. The van der Waals surface area contributed by atoms with Crippen molar-refractivity contribution in [3.8, 4) is 0 Å². The van der Waals surface area contributed by atoms with E-state index in [1.54, 1.807) is 45.0 Å². The van der Waals surface area contributed by atoms with Gasteiger partial charge >= 0.3 is 0 Å². The quantitative estimate of drug-likeness (QED) is 0.647. The molecule has 0 aromatic heterocycles. The summed E-state index contributed by atoms with van der Waals surface area (Å²) in [5, 5.41) is 0.548. The van der Waals surface area contributed by atoms with Crippen molar-refractivity contribution in [2.45, 2.75) is 25.7 Å². The predicted octanol–water partition coefficient (Wildman–Crippen LogP) is 5.42. The normalized spacial score (nSPS) is 12.9. The van der Waals surface area contributed by atoms with Gasteiger partial charge in [0, 0.05) is 22.1 Å². The van der Waals surface area contributed by atoms with E-state index in [0.717, 1.165) is 6.08 Å². The zero-order chi connectivity index (χ0) is 18.8. The van der Waals surface area contributed by atoms with Crippen molar-refractivity contribution in [1.82, 2.24) is 0 Å². The first-order valence-electron chi connectivity index (χ1n) is 7.55. The van der Waals surface area contributed by atoms with Crippen LogP contribution in [0.5, 0.6) is 0 Å². The standard InChI is InChI=1S/C19H18Cl2O3S/c1-19(2,3)18(22)12-17(15-10-9-13(20)11-16(15)21)25(23,24)14-7-5-4-6-8-14/h4-12H,1-3H3. The maximum absolute atomic E-state index is 13.1. The Hall–Kier alpha value is -1.62. The lowest BCUT2D eigenvalue weighted by molar-refractivity contribution is -0.121. The average Bonchev–Trinajstić information content (AvgIpc) is 2.53. The van der Waals surface area contributed by atoms with Crippen LogP contribution >= 0.6 is 23.2 Å². The molecular weight excluding hydrogens is 379 g/mol. The fourth-order valence-electron chi connectivity index (χ4n) is 2.05. The molecular formula is C19H18Cl2O3S. The zero-order valence-electron chi connectivity index (χ0n) is 14.1. The molecule has 0 atom stereocenters. The van der Waals surface area contributed by atoms with E-state index in [-0.39, 0.29) is 26.2 Å². The molecule has 0 spiro atoms. The van der Waals surface area contributed by atoms with Gasteiger partial charge in [-0.1, -0.05) is 68.2 Å². The Kier molecular flexibility index (Phi) is 5.77. The minimum atomic E-state index is -3.93. The number of hydrogen-bond donors (Lipinski definition) is 0. The highest BCUT2D eigenvalue weighted by atomic mass is 35.5. The van der Waals surface area contributed by atoms with Crippen LogP contribution in [-0.4, -0.2) is 14.2 Å². The lowest BCUT2D eigenvalue weighted by Crippen LogP contribution is -2.19. The van der Waals surface area contributed by atoms with Gasteiger partial charge < -0.3 is 0 Å². The van der Waals surface area contributed by atoms with Gasteiger partial charge in [0.05, 0.1) is 14.8 Å². The summed E-state index contributed by atoms with van der Waals surface area (Å²) in [6.07, 6.45) is 1.15. The molecule has 0 aliphatic heterocycles. The van der Waals surface area contributed by atoms with Gasteiger partial charge in [-0.15, -0.1) is 0 Å². The molecule has 0 radical (unpaired) electrons. The molecule has 2 aromatic rings. The van der Waals surface area contributed by atoms with E-state index in [0.29, 0.717) is 5.02 Å². The van der Waals surface area contributed by atoms with Gasteiger partial charge in [0.1, 0.15) is 0 Å². The molecule has 0 saturated heterocycles. The Morgan fingerprint density at radius 2 is 1.60 bits per heavy atom. The van der Waals surface area contributed by atoms with E-state index in [4.69, 9.17) is 23.2 Å². The van der Waals surface area contributed by atoms with E-state index in [9.17, 15) is 13.2 Å². The maximum atomic E-state index is 13.1. The molecule has 132 valence electrons. The summed E-state index contributed by atoms with van der Waals surface area (Å²) >= 11 is 12.1. The second kappa shape index (κ2) is 7.32. The monoisotopic (exact) mass is 396 g/mol. The summed E-state index contributed by atoms with van der Waals surface area (Å²) in [4.78, 5) is 12.4. The third kappa shape index (κ3) is 4.51. The van der Waals surface area contributed by atoms with Gasteiger partial charge in [0.2, 0.25) is 9.84 Å². The Morgan fingerprint density at radius 3 is 2.12 bits per heavy atom. The van der Waals surface area contributed by atoms with Crippen molar-refractivity contribution in [3.63, 3.8) is 0 Å². The van der Waals surface area contributed by atoms with Gasteiger partial charge in [-0.05, 0) is 24.3 Å². The highest BCUT2D eigenvalue weighted by molar-refractivity contribution is 8.00. The molecule has 0 N–H and O–H groups in total. The van der Waals surface area contributed by atoms with Gasteiger partial charge in [-0.3, -0.25) is 4.79 Å². The lowest BCUT2D eigenvalue weighted by atomic mass is 9.90. The Morgan fingerprint density at radius 1 is 1.00 bits per heavy atom. The summed E-state index contributed by atoms with van der Waals surface area (Å²) in [5.74, 6) is -0.312. The van der Waals surface area contributed by atoms with Crippen LogP contribution in [0, 0.1) is 5.41 Å². The number of halogens is 2. The number of sulfone groups is 1. The zero-order valence-corrected chi connectivity index (χ0v) is 16.4. The Balaban J connectivity index is 2.74. The molecule has 2 aromatic carbocycles. The van der Waals surface area contributed by atoms with Crippen LogP contribution < -0.4 is 0 Å². The minimum absolute atomic E-state index is 0.0916. The summed E-state index contributed by atoms with van der Waals surface area (Å²) in [7, 11) is -3.93. The smallest absolute Gasteiger partial charge is 0.207 e. The highest BCUT2D eigenvalue weighted by Gasteiger charge is 2.28. The number of carbonyl (C=O) groups is 1. The van der Waals surface area contributed by atoms with Crippen molar-refractivity contribution in [2.75, 3.05) is 0 Å².